The van der Waals surface area contributed by atoms with Gasteiger partial charge in [-0.15, -0.1) is 0 Å². The van der Waals surface area contributed by atoms with Crippen LogP contribution in [0.5, 0.6) is 5.75 Å². The van der Waals surface area contributed by atoms with Crippen molar-refractivity contribution in [3.05, 3.63) is 77.5 Å². The van der Waals surface area contributed by atoms with Crippen molar-refractivity contribution in [3.8, 4) is 17.1 Å². The number of hydrogen-bond donors (Lipinski definition) is 0. The first-order valence-corrected chi connectivity index (χ1v) is 12.1. The first-order valence-electron chi connectivity index (χ1n) is 9.92. The summed E-state index contributed by atoms with van der Waals surface area (Å²) in [7, 11) is -3.15. The number of ether oxygens (including phenoxy) is 1. The minimum Gasteiger partial charge on any atom is -0.484 e. The van der Waals surface area contributed by atoms with Gasteiger partial charge < -0.3 is 14.1 Å². The predicted octanol–water partition coefficient (Wildman–Crippen LogP) is 4.19. The van der Waals surface area contributed by atoms with Crippen molar-refractivity contribution in [1.29, 1.82) is 0 Å². The molecule has 6 nitrogen and oxygen atoms in total. The fourth-order valence-electron chi connectivity index (χ4n) is 3.59. The van der Waals surface area contributed by atoms with E-state index in [0.29, 0.717) is 28.7 Å². The molecule has 0 N–H and O–H groups in total. The van der Waals surface area contributed by atoms with Gasteiger partial charge in [0.15, 0.2) is 16.4 Å². The molecule has 0 bridgehead atoms. The Labute approximate surface area is 186 Å². The monoisotopic (exact) mass is 459 g/mol. The van der Waals surface area contributed by atoms with Gasteiger partial charge in [0, 0.05) is 16.6 Å². The lowest BCUT2D eigenvalue weighted by molar-refractivity contribution is -0.136. The highest BCUT2D eigenvalue weighted by molar-refractivity contribution is 7.91. The Kier molecular flexibility index (Phi) is 6.34. The highest BCUT2D eigenvalue weighted by Gasteiger charge is 2.35. The van der Waals surface area contributed by atoms with Gasteiger partial charge in [0.2, 0.25) is 0 Å². The molecule has 1 atom stereocenters. The van der Waals surface area contributed by atoms with E-state index in [2.05, 4.69) is 0 Å². The molecule has 0 saturated carbocycles. The standard InChI is InChI=1S/C23H22ClNO5S/c24-18-8-6-17(7-9-18)22-11-10-21(30-22)14-25(19-12-13-31(27,28)16-19)23(26)15-29-20-4-2-1-3-5-20/h1-11,19H,12-16H2/t19-/m0/s1. The summed E-state index contributed by atoms with van der Waals surface area (Å²) in [5, 5.41) is 0.633. The Bertz CT molecular complexity index is 1140. The van der Waals surface area contributed by atoms with Crippen LogP contribution >= 0.6 is 11.6 Å². The zero-order valence-electron chi connectivity index (χ0n) is 16.7. The second-order valence-corrected chi connectivity index (χ2v) is 10.1. The van der Waals surface area contributed by atoms with Gasteiger partial charge in [-0.05, 0) is 55.0 Å². The molecule has 0 aliphatic carbocycles. The molecule has 0 radical (unpaired) electrons. The van der Waals surface area contributed by atoms with Crippen LogP contribution in [0.25, 0.3) is 11.3 Å². The molecule has 8 heteroatoms. The number of halogens is 1. The summed E-state index contributed by atoms with van der Waals surface area (Å²) >= 11 is 5.94. The average Bonchev–Trinajstić information content (AvgIpc) is 3.37. The van der Waals surface area contributed by atoms with E-state index in [1.807, 2.05) is 36.4 Å². The summed E-state index contributed by atoms with van der Waals surface area (Å²) in [4.78, 5) is 14.5. The summed E-state index contributed by atoms with van der Waals surface area (Å²) in [6, 6.07) is 19.5. The molecule has 162 valence electrons. The predicted molar refractivity (Wildman–Crippen MR) is 119 cm³/mol. The van der Waals surface area contributed by atoms with Crippen molar-refractivity contribution in [2.75, 3.05) is 18.1 Å². The molecule has 1 aliphatic heterocycles. The summed E-state index contributed by atoms with van der Waals surface area (Å²) < 4.78 is 35.6. The topological polar surface area (TPSA) is 76.8 Å². The van der Waals surface area contributed by atoms with Gasteiger partial charge >= 0.3 is 0 Å². The lowest BCUT2D eigenvalue weighted by atomic mass is 10.2. The molecule has 4 rings (SSSR count). The number of sulfone groups is 1. The first kappa shape index (κ1) is 21.5. The van der Waals surface area contributed by atoms with E-state index in [4.69, 9.17) is 20.8 Å². The highest BCUT2D eigenvalue weighted by Crippen LogP contribution is 2.26. The zero-order valence-corrected chi connectivity index (χ0v) is 18.3. The Hall–Kier alpha value is -2.77. The van der Waals surface area contributed by atoms with Crippen LogP contribution in [0.1, 0.15) is 12.2 Å². The third-order valence-electron chi connectivity index (χ3n) is 5.19. The number of furan rings is 1. The number of carbonyl (C=O) groups is 1. The second-order valence-electron chi connectivity index (χ2n) is 7.45. The fourth-order valence-corrected chi connectivity index (χ4v) is 5.44. The SMILES string of the molecule is O=C(COc1ccccc1)N(Cc1ccc(-c2ccc(Cl)cc2)o1)[C@H]1CCS(=O)(=O)C1. The maximum absolute atomic E-state index is 13.0. The average molecular weight is 460 g/mol. The van der Waals surface area contributed by atoms with Crippen LogP contribution in [-0.2, 0) is 21.2 Å². The molecule has 0 spiro atoms. The number of carbonyl (C=O) groups excluding carboxylic acids is 1. The largest absolute Gasteiger partial charge is 0.484 e. The van der Waals surface area contributed by atoms with Gasteiger partial charge in [-0.3, -0.25) is 4.79 Å². The summed E-state index contributed by atoms with van der Waals surface area (Å²) in [6.07, 6.45) is 0.407. The highest BCUT2D eigenvalue weighted by atomic mass is 35.5. The quantitative estimate of drug-likeness (QED) is 0.529. The smallest absolute Gasteiger partial charge is 0.261 e. The Morgan fingerprint density at radius 3 is 2.48 bits per heavy atom. The minimum atomic E-state index is -3.15. The van der Waals surface area contributed by atoms with Crippen molar-refractivity contribution in [2.45, 2.75) is 19.0 Å². The van der Waals surface area contributed by atoms with Gasteiger partial charge in [0.05, 0.1) is 18.1 Å². The Morgan fingerprint density at radius 2 is 1.81 bits per heavy atom. The van der Waals surface area contributed by atoms with Crippen molar-refractivity contribution in [2.24, 2.45) is 0 Å². The number of nitrogens with zero attached hydrogens (tertiary/aromatic N) is 1. The first-order chi connectivity index (χ1) is 14.9. The third-order valence-corrected chi connectivity index (χ3v) is 7.19. The van der Waals surface area contributed by atoms with E-state index in [1.54, 1.807) is 35.2 Å². The maximum atomic E-state index is 13.0. The van der Waals surface area contributed by atoms with Crippen LogP contribution < -0.4 is 4.74 Å². The van der Waals surface area contributed by atoms with Crippen LogP contribution in [0.4, 0.5) is 0 Å². The second kappa shape index (κ2) is 9.16. The molecule has 1 fully saturated rings. The van der Waals surface area contributed by atoms with Gasteiger partial charge in [-0.25, -0.2) is 8.42 Å². The lowest BCUT2D eigenvalue weighted by Crippen LogP contribution is -2.43. The molecule has 0 unspecified atom stereocenters. The fraction of sp³-hybridized carbons (Fsp3) is 0.261. The molecular weight excluding hydrogens is 438 g/mol. The molecule has 3 aromatic rings. The van der Waals surface area contributed by atoms with Gasteiger partial charge in [-0.2, -0.15) is 0 Å². The Balaban J connectivity index is 1.50. The van der Waals surface area contributed by atoms with Crippen LogP contribution in [0.15, 0.2) is 71.1 Å². The van der Waals surface area contributed by atoms with Crippen molar-refractivity contribution >= 4 is 27.3 Å². The van der Waals surface area contributed by atoms with E-state index >= 15 is 0 Å². The number of para-hydroxylation sites is 1. The third kappa shape index (κ3) is 5.48. The van der Waals surface area contributed by atoms with Crippen LogP contribution in [0, 0.1) is 0 Å². The normalized spacial score (nSPS) is 17.4. The number of amides is 1. The molecule has 1 saturated heterocycles. The number of hydrogen-bond acceptors (Lipinski definition) is 5. The van der Waals surface area contributed by atoms with Gasteiger partial charge in [0.1, 0.15) is 17.3 Å². The van der Waals surface area contributed by atoms with E-state index in [0.717, 1.165) is 5.56 Å². The van der Waals surface area contributed by atoms with Crippen LogP contribution in [-0.4, -0.2) is 43.4 Å². The lowest BCUT2D eigenvalue weighted by Gasteiger charge is -2.27. The van der Waals surface area contributed by atoms with Crippen LogP contribution in [0.3, 0.4) is 0 Å². The molecule has 2 aromatic carbocycles. The van der Waals surface area contributed by atoms with E-state index in [9.17, 15) is 13.2 Å². The van der Waals surface area contributed by atoms with E-state index in [1.165, 1.54) is 0 Å². The van der Waals surface area contributed by atoms with Crippen LogP contribution in [0.2, 0.25) is 5.02 Å². The molecule has 1 aliphatic rings. The van der Waals surface area contributed by atoms with Crippen molar-refractivity contribution < 1.29 is 22.4 Å². The summed E-state index contributed by atoms with van der Waals surface area (Å²) in [5.74, 6) is 1.55. The molecule has 2 heterocycles. The number of rotatable bonds is 7. The maximum Gasteiger partial charge on any atom is 0.261 e. The molecule has 1 aromatic heterocycles. The molecule has 1 amide bonds. The summed E-state index contributed by atoms with van der Waals surface area (Å²) in [6.45, 7) is -0.00390. The van der Waals surface area contributed by atoms with Gasteiger partial charge in [-0.1, -0.05) is 29.8 Å². The Morgan fingerprint density at radius 1 is 1.06 bits per heavy atom. The zero-order chi connectivity index (χ0) is 21.8. The van der Waals surface area contributed by atoms with E-state index < -0.39 is 15.9 Å². The number of benzene rings is 2. The van der Waals surface area contributed by atoms with Crippen molar-refractivity contribution in [3.63, 3.8) is 0 Å². The van der Waals surface area contributed by atoms with Gasteiger partial charge in [0.25, 0.3) is 5.91 Å². The summed E-state index contributed by atoms with van der Waals surface area (Å²) in [5.41, 5.74) is 0.865. The van der Waals surface area contributed by atoms with Crippen molar-refractivity contribution in [1.82, 2.24) is 4.90 Å². The molecule has 31 heavy (non-hydrogen) atoms. The van der Waals surface area contributed by atoms with E-state index in [-0.39, 0.29) is 30.6 Å². The molecular formula is C23H22ClNO5S. The minimum absolute atomic E-state index is 0.0468.